The summed E-state index contributed by atoms with van der Waals surface area (Å²) in [5.41, 5.74) is 0.227. The molecule has 0 aromatic heterocycles. The van der Waals surface area contributed by atoms with Crippen LogP contribution in [0.4, 0.5) is 0 Å². The first-order chi connectivity index (χ1) is 5.93. The predicted octanol–water partition coefficient (Wildman–Crippen LogP) is 1.41. The molecular weight excluding hydrogens is 164 g/mol. The predicted molar refractivity (Wildman–Crippen MR) is 51.2 cm³/mol. The van der Waals surface area contributed by atoms with Gasteiger partial charge in [-0.3, -0.25) is 0 Å². The molecule has 76 valence electrons. The van der Waals surface area contributed by atoms with Crippen molar-refractivity contribution in [2.45, 2.75) is 39.7 Å². The van der Waals surface area contributed by atoms with Gasteiger partial charge in [0.05, 0.1) is 6.10 Å². The van der Waals surface area contributed by atoms with E-state index in [1.165, 1.54) is 0 Å². The Bertz CT molecular complexity index is 224. The molecule has 2 N–H and O–H groups in total. The van der Waals surface area contributed by atoms with Gasteiger partial charge >= 0.3 is 0 Å². The summed E-state index contributed by atoms with van der Waals surface area (Å²) in [6, 6.07) is 0. The second-order valence-corrected chi connectivity index (χ2v) is 5.64. The van der Waals surface area contributed by atoms with Gasteiger partial charge in [0.25, 0.3) is 0 Å². The zero-order valence-electron chi connectivity index (χ0n) is 8.75. The van der Waals surface area contributed by atoms with Crippen LogP contribution in [0, 0.1) is 22.7 Å². The molecule has 0 saturated heterocycles. The van der Waals surface area contributed by atoms with Crippen LogP contribution in [-0.2, 0) is 0 Å². The van der Waals surface area contributed by atoms with E-state index in [1.807, 2.05) is 0 Å². The number of rotatable bonds is 1. The zero-order valence-corrected chi connectivity index (χ0v) is 8.75. The Labute approximate surface area is 80.0 Å². The first-order valence-corrected chi connectivity index (χ1v) is 5.22. The van der Waals surface area contributed by atoms with Crippen molar-refractivity contribution in [1.29, 1.82) is 0 Å². The van der Waals surface area contributed by atoms with Crippen molar-refractivity contribution >= 4 is 0 Å². The van der Waals surface area contributed by atoms with Crippen LogP contribution < -0.4 is 0 Å². The van der Waals surface area contributed by atoms with Crippen LogP contribution in [0.15, 0.2) is 0 Å². The van der Waals surface area contributed by atoms with Gasteiger partial charge < -0.3 is 10.2 Å². The van der Waals surface area contributed by atoms with Gasteiger partial charge in [-0.2, -0.15) is 0 Å². The molecular formula is C11H20O2. The molecule has 0 amide bonds. The van der Waals surface area contributed by atoms with Crippen molar-refractivity contribution in [2.24, 2.45) is 22.7 Å². The summed E-state index contributed by atoms with van der Waals surface area (Å²) in [6.07, 6.45) is 1.71. The van der Waals surface area contributed by atoms with E-state index < -0.39 is 0 Å². The molecule has 2 aliphatic carbocycles. The molecule has 2 bridgehead atoms. The summed E-state index contributed by atoms with van der Waals surface area (Å²) in [5.74, 6) is 0.931. The molecule has 0 radical (unpaired) electrons. The minimum atomic E-state index is -0.157. The Hall–Kier alpha value is -0.0800. The molecule has 0 aromatic carbocycles. The van der Waals surface area contributed by atoms with E-state index in [0.29, 0.717) is 11.8 Å². The highest BCUT2D eigenvalue weighted by Crippen LogP contribution is 2.67. The molecule has 2 aliphatic rings. The Morgan fingerprint density at radius 1 is 1.31 bits per heavy atom. The SMILES string of the molecule is CC1(C)C2CC(O)C1(C)CC2CO. The highest BCUT2D eigenvalue weighted by Gasteiger charge is 2.64. The van der Waals surface area contributed by atoms with E-state index >= 15 is 0 Å². The summed E-state index contributed by atoms with van der Waals surface area (Å²) in [7, 11) is 0. The van der Waals surface area contributed by atoms with Crippen molar-refractivity contribution in [3.63, 3.8) is 0 Å². The van der Waals surface area contributed by atoms with E-state index in [2.05, 4.69) is 20.8 Å². The quantitative estimate of drug-likeness (QED) is 0.647. The number of aliphatic hydroxyl groups is 2. The smallest absolute Gasteiger partial charge is 0.0602 e. The van der Waals surface area contributed by atoms with E-state index in [4.69, 9.17) is 0 Å². The highest BCUT2D eigenvalue weighted by molar-refractivity contribution is 5.13. The number of hydrogen-bond donors (Lipinski definition) is 2. The summed E-state index contributed by atoms with van der Waals surface area (Å²) < 4.78 is 0. The summed E-state index contributed by atoms with van der Waals surface area (Å²) >= 11 is 0. The second kappa shape index (κ2) is 2.48. The first-order valence-electron chi connectivity index (χ1n) is 5.22. The fourth-order valence-corrected chi connectivity index (χ4v) is 3.71. The van der Waals surface area contributed by atoms with Gasteiger partial charge in [-0.1, -0.05) is 20.8 Å². The lowest BCUT2D eigenvalue weighted by molar-refractivity contribution is 0.00341. The van der Waals surface area contributed by atoms with Crippen molar-refractivity contribution in [3.05, 3.63) is 0 Å². The molecule has 4 unspecified atom stereocenters. The Kier molecular flexibility index (Phi) is 1.81. The van der Waals surface area contributed by atoms with Crippen LogP contribution in [0.3, 0.4) is 0 Å². The van der Waals surface area contributed by atoms with Gasteiger partial charge in [0, 0.05) is 6.61 Å². The third-order valence-corrected chi connectivity index (χ3v) is 5.10. The maximum atomic E-state index is 9.95. The standard InChI is InChI=1S/C11H20O2/c1-10(2)8-4-9(13)11(10,3)5-7(8)6-12/h7-9,12-13H,4-6H2,1-3H3. The van der Waals surface area contributed by atoms with Crippen LogP contribution >= 0.6 is 0 Å². The lowest BCUT2D eigenvalue weighted by Gasteiger charge is -2.36. The van der Waals surface area contributed by atoms with Crippen LogP contribution in [0.5, 0.6) is 0 Å². The molecule has 13 heavy (non-hydrogen) atoms. The molecule has 0 aromatic rings. The number of aliphatic hydroxyl groups excluding tert-OH is 2. The Morgan fingerprint density at radius 2 is 1.92 bits per heavy atom. The van der Waals surface area contributed by atoms with Crippen LogP contribution in [0.1, 0.15) is 33.6 Å². The molecule has 2 fully saturated rings. The van der Waals surface area contributed by atoms with E-state index in [0.717, 1.165) is 12.8 Å². The average molecular weight is 184 g/mol. The van der Waals surface area contributed by atoms with E-state index in [1.54, 1.807) is 0 Å². The lowest BCUT2D eigenvalue weighted by atomic mass is 9.70. The summed E-state index contributed by atoms with van der Waals surface area (Å²) in [5, 5.41) is 19.2. The maximum absolute atomic E-state index is 9.95. The first kappa shape index (κ1) is 9.47. The van der Waals surface area contributed by atoms with Crippen molar-refractivity contribution in [2.75, 3.05) is 6.61 Å². The Balaban J connectivity index is 2.34. The third kappa shape index (κ3) is 0.909. The fraction of sp³-hybridized carbons (Fsp3) is 1.00. The minimum Gasteiger partial charge on any atom is -0.396 e. The van der Waals surface area contributed by atoms with E-state index in [-0.39, 0.29) is 23.5 Å². The van der Waals surface area contributed by atoms with Gasteiger partial charge in [0.1, 0.15) is 0 Å². The normalized spacial score (nSPS) is 52.8. The largest absolute Gasteiger partial charge is 0.396 e. The van der Waals surface area contributed by atoms with Crippen LogP contribution in [0.2, 0.25) is 0 Å². The van der Waals surface area contributed by atoms with Gasteiger partial charge in [-0.15, -0.1) is 0 Å². The molecule has 2 heteroatoms. The van der Waals surface area contributed by atoms with Crippen LogP contribution in [-0.4, -0.2) is 22.9 Å². The third-order valence-electron chi connectivity index (χ3n) is 5.10. The topological polar surface area (TPSA) is 40.5 Å². The van der Waals surface area contributed by atoms with Crippen molar-refractivity contribution in [1.82, 2.24) is 0 Å². The van der Waals surface area contributed by atoms with Gasteiger partial charge in [-0.05, 0) is 35.5 Å². The lowest BCUT2D eigenvalue weighted by Crippen LogP contribution is -2.35. The molecule has 2 nitrogen and oxygen atoms in total. The highest BCUT2D eigenvalue weighted by atomic mass is 16.3. The van der Waals surface area contributed by atoms with E-state index in [9.17, 15) is 10.2 Å². The van der Waals surface area contributed by atoms with Gasteiger partial charge in [0.15, 0.2) is 0 Å². The van der Waals surface area contributed by atoms with Crippen LogP contribution in [0.25, 0.3) is 0 Å². The molecule has 0 spiro atoms. The average Bonchev–Trinajstić information content (AvgIpc) is 2.34. The number of fused-ring (bicyclic) bond motifs is 2. The minimum absolute atomic E-state index is 0.0328. The van der Waals surface area contributed by atoms with Crippen molar-refractivity contribution < 1.29 is 10.2 Å². The molecule has 2 saturated carbocycles. The van der Waals surface area contributed by atoms with Crippen molar-refractivity contribution in [3.8, 4) is 0 Å². The molecule has 0 aliphatic heterocycles. The summed E-state index contributed by atoms with van der Waals surface area (Å²) in [4.78, 5) is 0. The maximum Gasteiger partial charge on any atom is 0.0602 e. The fourth-order valence-electron chi connectivity index (χ4n) is 3.71. The molecule has 0 heterocycles. The number of hydrogen-bond acceptors (Lipinski definition) is 2. The van der Waals surface area contributed by atoms with Gasteiger partial charge in [-0.25, -0.2) is 0 Å². The van der Waals surface area contributed by atoms with Gasteiger partial charge in [0.2, 0.25) is 0 Å². The second-order valence-electron chi connectivity index (χ2n) is 5.64. The molecule has 4 atom stereocenters. The molecule has 2 rings (SSSR count). The summed E-state index contributed by atoms with van der Waals surface area (Å²) in [6.45, 7) is 6.94. The monoisotopic (exact) mass is 184 g/mol. The Morgan fingerprint density at radius 3 is 2.23 bits per heavy atom. The zero-order chi connectivity index (χ0) is 9.85.